The van der Waals surface area contributed by atoms with Crippen molar-refractivity contribution in [3.05, 3.63) is 67.9 Å². The van der Waals surface area contributed by atoms with E-state index < -0.39 is 0 Å². The molecular formula is C14H12BrCl2FN2. The number of hydrogen-bond acceptors (Lipinski definition) is 2. The molecular weight excluding hydrogens is 366 g/mol. The van der Waals surface area contributed by atoms with Crippen molar-refractivity contribution in [3.8, 4) is 0 Å². The van der Waals surface area contributed by atoms with E-state index in [0.717, 1.165) is 11.1 Å². The molecule has 0 saturated heterocycles. The summed E-state index contributed by atoms with van der Waals surface area (Å²) < 4.78 is 14.0. The second-order valence-electron chi connectivity index (χ2n) is 4.33. The van der Waals surface area contributed by atoms with Crippen molar-refractivity contribution in [1.82, 2.24) is 5.43 Å². The predicted octanol–water partition coefficient (Wildman–Crippen LogP) is 4.64. The minimum Gasteiger partial charge on any atom is -0.271 e. The van der Waals surface area contributed by atoms with Gasteiger partial charge in [0, 0.05) is 10.0 Å². The molecule has 2 nitrogen and oxygen atoms in total. The Morgan fingerprint density at radius 3 is 2.60 bits per heavy atom. The van der Waals surface area contributed by atoms with E-state index in [1.54, 1.807) is 30.3 Å². The van der Waals surface area contributed by atoms with Crippen LogP contribution in [0.25, 0.3) is 0 Å². The van der Waals surface area contributed by atoms with Crippen LogP contribution in [-0.2, 0) is 6.42 Å². The van der Waals surface area contributed by atoms with Crippen LogP contribution < -0.4 is 11.3 Å². The molecule has 0 amide bonds. The fraction of sp³-hybridized carbons (Fsp3) is 0.143. The molecule has 1 unspecified atom stereocenters. The molecule has 0 heterocycles. The van der Waals surface area contributed by atoms with Crippen LogP contribution >= 0.6 is 39.1 Å². The van der Waals surface area contributed by atoms with Crippen molar-refractivity contribution in [2.45, 2.75) is 12.5 Å². The Bertz CT molecular complexity index is 622. The topological polar surface area (TPSA) is 38.0 Å². The number of nitrogens with one attached hydrogen (secondary N) is 1. The van der Waals surface area contributed by atoms with Gasteiger partial charge in [0.05, 0.1) is 10.5 Å². The Morgan fingerprint density at radius 2 is 1.95 bits per heavy atom. The first-order valence-corrected chi connectivity index (χ1v) is 7.41. The lowest BCUT2D eigenvalue weighted by atomic mass is 9.99. The SMILES string of the molecule is NNC(Cc1cc(Cl)ccc1Cl)c1ccc(Br)c(F)c1. The summed E-state index contributed by atoms with van der Waals surface area (Å²) in [7, 11) is 0. The molecule has 0 saturated carbocycles. The van der Waals surface area contributed by atoms with Crippen LogP contribution in [0.15, 0.2) is 40.9 Å². The van der Waals surface area contributed by atoms with Crippen molar-refractivity contribution in [1.29, 1.82) is 0 Å². The van der Waals surface area contributed by atoms with Gasteiger partial charge in [-0.15, -0.1) is 0 Å². The van der Waals surface area contributed by atoms with Crippen LogP contribution in [0.5, 0.6) is 0 Å². The Balaban J connectivity index is 2.28. The van der Waals surface area contributed by atoms with Gasteiger partial charge in [0.2, 0.25) is 0 Å². The number of benzene rings is 2. The molecule has 106 valence electrons. The highest BCUT2D eigenvalue weighted by molar-refractivity contribution is 9.10. The third-order valence-corrected chi connectivity index (χ3v) is 4.23. The van der Waals surface area contributed by atoms with E-state index in [1.807, 2.05) is 0 Å². The van der Waals surface area contributed by atoms with Crippen molar-refractivity contribution < 1.29 is 4.39 Å². The summed E-state index contributed by atoms with van der Waals surface area (Å²) in [5, 5.41) is 1.20. The lowest BCUT2D eigenvalue weighted by molar-refractivity contribution is 0.543. The second-order valence-corrected chi connectivity index (χ2v) is 6.03. The highest BCUT2D eigenvalue weighted by atomic mass is 79.9. The Morgan fingerprint density at radius 1 is 1.20 bits per heavy atom. The summed E-state index contributed by atoms with van der Waals surface area (Å²) in [5.74, 6) is 5.24. The number of nitrogens with two attached hydrogens (primary N) is 1. The monoisotopic (exact) mass is 376 g/mol. The molecule has 1 atom stereocenters. The zero-order valence-electron chi connectivity index (χ0n) is 10.3. The molecule has 2 aromatic rings. The predicted molar refractivity (Wildman–Crippen MR) is 84.3 cm³/mol. The first kappa shape index (κ1) is 15.7. The van der Waals surface area contributed by atoms with Crippen LogP contribution in [0, 0.1) is 5.82 Å². The number of hydrazine groups is 1. The van der Waals surface area contributed by atoms with Crippen LogP contribution in [-0.4, -0.2) is 0 Å². The van der Waals surface area contributed by atoms with E-state index >= 15 is 0 Å². The average molecular weight is 378 g/mol. The summed E-state index contributed by atoms with van der Waals surface area (Å²) in [6.07, 6.45) is 0.511. The summed E-state index contributed by atoms with van der Waals surface area (Å²) >= 11 is 15.2. The molecule has 2 aromatic carbocycles. The number of rotatable bonds is 4. The maximum absolute atomic E-state index is 13.6. The molecule has 0 radical (unpaired) electrons. The van der Waals surface area contributed by atoms with Gasteiger partial charge in [-0.3, -0.25) is 11.3 Å². The second kappa shape index (κ2) is 6.87. The highest BCUT2D eigenvalue weighted by Crippen LogP contribution is 2.27. The van der Waals surface area contributed by atoms with Gasteiger partial charge in [-0.1, -0.05) is 29.3 Å². The lowest BCUT2D eigenvalue weighted by Crippen LogP contribution is -2.29. The fourth-order valence-corrected chi connectivity index (χ4v) is 2.56. The Hall–Kier alpha value is -0.650. The summed E-state index contributed by atoms with van der Waals surface area (Å²) in [6.45, 7) is 0. The summed E-state index contributed by atoms with van der Waals surface area (Å²) in [4.78, 5) is 0. The highest BCUT2D eigenvalue weighted by Gasteiger charge is 2.14. The van der Waals surface area contributed by atoms with Crippen molar-refractivity contribution >= 4 is 39.1 Å². The van der Waals surface area contributed by atoms with E-state index in [2.05, 4.69) is 21.4 Å². The molecule has 0 spiro atoms. The third kappa shape index (κ3) is 3.71. The first-order chi connectivity index (χ1) is 9.51. The molecule has 2 rings (SSSR count). The molecule has 20 heavy (non-hydrogen) atoms. The van der Waals surface area contributed by atoms with E-state index in [9.17, 15) is 4.39 Å². The molecule has 0 aliphatic carbocycles. The van der Waals surface area contributed by atoms with Gasteiger partial charge in [0.25, 0.3) is 0 Å². The smallest absolute Gasteiger partial charge is 0.137 e. The van der Waals surface area contributed by atoms with Crippen molar-refractivity contribution in [3.63, 3.8) is 0 Å². The van der Waals surface area contributed by atoms with Crippen molar-refractivity contribution in [2.75, 3.05) is 0 Å². The van der Waals surface area contributed by atoms with Gasteiger partial charge < -0.3 is 0 Å². The third-order valence-electron chi connectivity index (χ3n) is 2.98. The van der Waals surface area contributed by atoms with Crippen LogP contribution in [0.1, 0.15) is 17.2 Å². The number of halogens is 4. The number of hydrogen-bond donors (Lipinski definition) is 2. The maximum Gasteiger partial charge on any atom is 0.137 e. The van der Waals surface area contributed by atoms with E-state index in [0.29, 0.717) is 20.9 Å². The van der Waals surface area contributed by atoms with Gasteiger partial charge in [-0.25, -0.2) is 4.39 Å². The van der Waals surface area contributed by atoms with Gasteiger partial charge >= 0.3 is 0 Å². The lowest BCUT2D eigenvalue weighted by Gasteiger charge is -2.17. The van der Waals surface area contributed by atoms with Crippen LogP contribution in [0.3, 0.4) is 0 Å². The summed E-state index contributed by atoms with van der Waals surface area (Å²) in [5.41, 5.74) is 4.27. The minimum absolute atomic E-state index is 0.256. The van der Waals surface area contributed by atoms with Gasteiger partial charge in [0.1, 0.15) is 5.82 Å². The maximum atomic E-state index is 13.6. The zero-order valence-corrected chi connectivity index (χ0v) is 13.4. The van der Waals surface area contributed by atoms with Crippen LogP contribution in [0.4, 0.5) is 4.39 Å². The average Bonchev–Trinajstić information content (AvgIpc) is 2.43. The molecule has 0 aromatic heterocycles. The summed E-state index contributed by atoms with van der Waals surface area (Å²) in [6, 6.07) is 9.86. The molecule has 0 aliphatic heterocycles. The molecule has 0 bridgehead atoms. The fourth-order valence-electron chi connectivity index (χ4n) is 1.92. The van der Waals surface area contributed by atoms with E-state index in [1.165, 1.54) is 6.07 Å². The quantitative estimate of drug-likeness (QED) is 0.601. The first-order valence-electron chi connectivity index (χ1n) is 5.86. The normalized spacial score (nSPS) is 12.4. The largest absolute Gasteiger partial charge is 0.271 e. The van der Waals surface area contributed by atoms with Gasteiger partial charge in [-0.2, -0.15) is 0 Å². The molecule has 0 fully saturated rings. The van der Waals surface area contributed by atoms with Gasteiger partial charge in [0.15, 0.2) is 0 Å². The molecule has 6 heteroatoms. The standard InChI is InChI=1S/C14H12BrCl2FN2/c15-11-3-1-8(6-13(11)18)14(20-19)7-9-5-10(16)2-4-12(9)17/h1-6,14,20H,7,19H2. The Kier molecular flexibility index (Phi) is 5.41. The zero-order chi connectivity index (χ0) is 14.7. The molecule has 0 aliphatic rings. The molecule has 3 N–H and O–H groups in total. The van der Waals surface area contributed by atoms with Crippen LogP contribution in [0.2, 0.25) is 10.0 Å². The Labute approximate surface area is 135 Å². The van der Waals surface area contributed by atoms with E-state index in [4.69, 9.17) is 29.0 Å². The van der Waals surface area contributed by atoms with Gasteiger partial charge in [-0.05, 0) is 63.8 Å². The van der Waals surface area contributed by atoms with Crippen molar-refractivity contribution in [2.24, 2.45) is 5.84 Å². The minimum atomic E-state index is -0.333. The van der Waals surface area contributed by atoms with E-state index in [-0.39, 0.29) is 11.9 Å².